The van der Waals surface area contributed by atoms with Gasteiger partial charge in [-0.2, -0.15) is 0 Å². The van der Waals surface area contributed by atoms with Gasteiger partial charge in [-0.25, -0.2) is 4.98 Å². The maximum atomic E-state index is 5.36. The molecule has 6 aromatic rings. The Bertz CT molecular complexity index is 1720. The molecule has 0 atom stereocenters. The van der Waals surface area contributed by atoms with Crippen LogP contribution in [0.25, 0.3) is 44.7 Å². The number of nitrogens with zero attached hydrogens (tertiary/aromatic N) is 2. The average Bonchev–Trinajstić information content (AvgIpc) is 3.53. The highest BCUT2D eigenvalue weighted by Crippen LogP contribution is 2.29. The number of H-pyrrole nitrogens is 1. The first-order valence-electron chi connectivity index (χ1n) is 12.9. The lowest BCUT2D eigenvalue weighted by atomic mass is 10.0. The number of nitrogens with one attached hydrogen (secondary N) is 2. The molecule has 0 spiro atoms. The average molecular weight is 499 g/mol. The van der Waals surface area contributed by atoms with Crippen molar-refractivity contribution >= 4 is 11.0 Å². The predicted molar refractivity (Wildman–Crippen MR) is 154 cm³/mol. The minimum absolute atomic E-state index is 0.780. The van der Waals surface area contributed by atoms with Crippen molar-refractivity contribution in [1.29, 1.82) is 0 Å². The summed E-state index contributed by atoms with van der Waals surface area (Å²) >= 11 is 0. The van der Waals surface area contributed by atoms with E-state index in [0.717, 1.165) is 58.1 Å². The Balaban J connectivity index is 1.17. The molecule has 0 amide bonds. The van der Waals surface area contributed by atoms with Crippen molar-refractivity contribution in [2.45, 2.75) is 33.9 Å². The van der Waals surface area contributed by atoms with Crippen molar-refractivity contribution in [1.82, 2.24) is 20.4 Å². The molecule has 188 valence electrons. The Morgan fingerprint density at radius 3 is 2.05 bits per heavy atom. The summed E-state index contributed by atoms with van der Waals surface area (Å²) in [4.78, 5) is 8.34. The maximum absolute atomic E-state index is 5.36. The van der Waals surface area contributed by atoms with E-state index in [1.54, 1.807) is 0 Å². The number of benzene rings is 4. The zero-order chi connectivity index (χ0) is 26.1. The number of aryl methyl sites for hydroxylation is 3. The number of aromatic amines is 1. The SMILES string of the molecule is Cc1noc(C)c1-c1cccc(CNCc2cccc(-c3cccc(-c4nc5c(C)cccc5[nH]4)c3)c2)c1. The largest absolute Gasteiger partial charge is 0.361 e. The van der Waals surface area contributed by atoms with Gasteiger partial charge < -0.3 is 14.8 Å². The third-order valence-corrected chi connectivity index (χ3v) is 7.02. The Morgan fingerprint density at radius 1 is 0.711 bits per heavy atom. The lowest BCUT2D eigenvalue weighted by Gasteiger charge is -2.10. The van der Waals surface area contributed by atoms with Crippen LogP contribution in [0.15, 0.2) is 95.5 Å². The van der Waals surface area contributed by atoms with Crippen LogP contribution in [0.4, 0.5) is 0 Å². The van der Waals surface area contributed by atoms with Crippen molar-refractivity contribution in [2.75, 3.05) is 0 Å². The molecular weight excluding hydrogens is 468 g/mol. The predicted octanol–water partition coefficient (Wildman–Crippen LogP) is 7.77. The fraction of sp³-hybridized carbons (Fsp3) is 0.152. The topological polar surface area (TPSA) is 66.7 Å². The molecule has 0 saturated heterocycles. The molecule has 0 unspecified atom stereocenters. The van der Waals surface area contributed by atoms with E-state index in [4.69, 9.17) is 9.51 Å². The first-order chi connectivity index (χ1) is 18.5. The highest BCUT2D eigenvalue weighted by atomic mass is 16.5. The van der Waals surface area contributed by atoms with Gasteiger partial charge in [0.15, 0.2) is 0 Å². The molecule has 5 heteroatoms. The van der Waals surface area contributed by atoms with Crippen LogP contribution in [-0.2, 0) is 13.1 Å². The zero-order valence-electron chi connectivity index (χ0n) is 21.9. The van der Waals surface area contributed by atoms with Crippen LogP contribution in [0.3, 0.4) is 0 Å². The number of hydrogen-bond donors (Lipinski definition) is 2. The Kier molecular flexibility index (Phi) is 6.36. The van der Waals surface area contributed by atoms with Crippen molar-refractivity contribution in [2.24, 2.45) is 0 Å². The maximum Gasteiger partial charge on any atom is 0.141 e. The highest BCUT2D eigenvalue weighted by Gasteiger charge is 2.12. The lowest BCUT2D eigenvalue weighted by Crippen LogP contribution is -2.12. The second kappa shape index (κ2) is 10.1. The van der Waals surface area contributed by atoms with E-state index < -0.39 is 0 Å². The standard InChI is InChI=1S/C33H30N4O/c1-21-8-4-15-30-32(21)36-33(35-30)29-14-7-12-27(18-29)26-11-5-9-24(16-26)19-34-20-25-10-6-13-28(17-25)31-22(2)37-38-23(31)3/h4-18,34H,19-20H2,1-3H3,(H,35,36). The van der Waals surface area contributed by atoms with Crippen molar-refractivity contribution in [3.05, 3.63) is 119 Å². The molecule has 0 saturated carbocycles. The van der Waals surface area contributed by atoms with Gasteiger partial charge in [0.25, 0.3) is 0 Å². The summed E-state index contributed by atoms with van der Waals surface area (Å²) < 4.78 is 5.36. The van der Waals surface area contributed by atoms with E-state index in [0.29, 0.717) is 0 Å². The fourth-order valence-corrected chi connectivity index (χ4v) is 5.10. The quantitative estimate of drug-likeness (QED) is 0.236. The molecule has 0 bridgehead atoms. The molecule has 0 aliphatic rings. The van der Waals surface area contributed by atoms with Crippen molar-refractivity contribution < 1.29 is 4.52 Å². The van der Waals surface area contributed by atoms with Gasteiger partial charge in [0, 0.05) is 24.2 Å². The summed E-state index contributed by atoms with van der Waals surface area (Å²) in [6.45, 7) is 7.60. The molecule has 4 aromatic carbocycles. The zero-order valence-corrected chi connectivity index (χ0v) is 21.9. The molecule has 6 rings (SSSR count). The van der Waals surface area contributed by atoms with Gasteiger partial charge >= 0.3 is 0 Å². The lowest BCUT2D eigenvalue weighted by molar-refractivity contribution is 0.393. The molecule has 5 nitrogen and oxygen atoms in total. The van der Waals surface area contributed by atoms with E-state index in [1.807, 2.05) is 13.8 Å². The summed E-state index contributed by atoms with van der Waals surface area (Å²) in [6, 6.07) is 32.1. The second-order valence-electron chi connectivity index (χ2n) is 9.84. The summed E-state index contributed by atoms with van der Waals surface area (Å²) in [5.74, 6) is 1.75. The summed E-state index contributed by atoms with van der Waals surface area (Å²) in [5.41, 5.74) is 12.3. The minimum atomic E-state index is 0.780. The number of para-hydroxylation sites is 1. The van der Waals surface area contributed by atoms with Crippen LogP contribution in [0, 0.1) is 20.8 Å². The van der Waals surface area contributed by atoms with Crippen molar-refractivity contribution in [3.8, 4) is 33.6 Å². The summed E-state index contributed by atoms with van der Waals surface area (Å²) in [5, 5.41) is 7.70. The Labute approximate surface area is 222 Å². The Hall–Kier alpha value is -4.48. The summed E-state index contributed by atoms with van der Waals surface area (Å²) in [6.07, 6.45) is 0. The molecule has 2 aromatic heterocycles. The van der Waals surface area contributed by atoms with Gasteiger partial charge in [0.2, 0.25) is 0 Å². The monoisotopic (exact) mass is 498 g/mol. The molecule has 38 heavy (non-hydrogen) atoms. The number of fused-ring (bicyclic) bond motifs is 1. The van der Waals surface area contributed by atoms with Crippen molar-refractivity contribution in [3.63, 3.8) is 0 Å². The van der Waals surface area contributed by atoms with E-state index in [1.165, 1.54) is 27.8 Å². The molecule has 2 N–H and O–H groups in total. The number of imidazole rings is 1. The number of hydrogen-bond acceptors (Lipinski definition) is 4. The van der Waals surface area contributed by atoms with Crippen LogP contribution < -0.4 is 5.32 Å². The fourth-order valence-electron chi connectivity index (χ4n) is 5.10. The van der Waals surface area contributed by atoms with E-state index in [9.17, 15) is 0 Å². The van der Waals surface area contributed by atoms with Crippen LogP contribution in [0.2, 0.25) is 0 Å². The van der Waals surface area contributed by atoms with E-state index in [-0.39, 0.29) is 0 Å². The molecule has 0 aliphatic heterocycles. The van der Waals surface area contributed by atoms with E-state index in [2.05, 4.69) is 113 Å². The normalized spacial score (nSPS) is 11.3. The number of rotatable bonds is 7. The van der Waals surface area contributed by atoms with Crippen LogP contribution in [-0.4, -0.2) is 15.1 Å². The van der Waals surface area contributed by atoms with E-state index >= 15 is 0 Å². The van der Waals surface area contributed by atoms with Crippen LogP contribution >= 0.6 is 0 Å². The smallest absolute Gasteiger partial charge is 0.141 e. The first kappa shape index (κ1) is 23.9. The molecular formula is C33H30N4O. The third kappa shape index (κ3) is 4.76. The van der Waals surface area contributed by atoms with Gasteiger partial charge in [-0.1, -0.05) is 71.9 Å². The third-order valence-electron chi connectivity index (χ3n) is 7.02. The van der Waals surface area contributed by atoms with Gasteiger partial charge in [0.05, 0.1) is 16.7 Å². The Morgan fingerprint density at radius 2 is 1.34 bits per heavy atom. The van der Waals surface area contributed by atoms with Gasteiger partial charge in [0.1, 0.15) is 11.6 Å². The molecule has 0 fully saturated rings. The second-order valence-corrected chi connectivity index (χ2v) is 9.84. The van der Waals surface area contributed by atoms with Gasteiger partial charge in [-0.3, -0.25) is 0 Å². The first-order valence-corrected chi connectivity index (χ1v) is 12.9. The van der Waals surface area contributed by atoms with Crippen LogP contribution in [0.5, 0.6) is 0 Å². The van der Waals surface area contributed by atoms with Gasteiger partial charge in [-0.15, -0.1) is 0 Å². The molecule has 2 heterocycles. The van der Waals surface area contributed by atoms with Crippen LogP contribution in [0.1, 0.15) is 28.1 Å². The summed E-state index contributed by atoms with van der Waals surface area (Å²) in [7, 11) is 0. The molecule has 0 aliphatic carbocycles. The highest BCUT2D eigenvalue weighted by molar-refractivity contribution is 5.83. The minimum Gasteiger partial charge on any atom is -0.361 e. The molecule has 0 radical (unpaired) electrons. The van der Waals surface area contributed by atoms with Gasteiger partial charge in [-0.05, 0) is 78.4 Å². The number of aromatic nitrogens is 3.